The molecule has 14 heavy (non-hydrogen) atoms. The Hall–Kier alpha value is 0.500. The summed E-state index contributed by atoms with van der Waals surface area (Å²) in [6.45, 7) is 2.10. The van der Waals surface area contributed by atoms with Crippen molar-refractivity contribution in [2.45, 2.75) is 55.1 Å². The van der Waals surface area contributed by atoms with Crippen LogP contribution in [-0.2, 0) is 0 Å². The molecule has 0 aromatic rings. The zero-order valence-electron chi connectivity index (χ0n) is 8.34. The Kier molecular flexibility index (Phi) is 3.00. The number of hydrogen-bond donors (Lipinski definition) is 2. The molecule has 0 aromatic heterocycles. The number of hydrogen-bond acceptors (Lipinski definition) is 2. The van der Waals surface area contributed by atoms with Crippen LogP contribution in [0.4, 0.5) is 0 Å². The summed E-state index contributed by atoms with van der Waals surface area (Å²) < 4.78 is -0.518. The van der Waals surface area contributed by atoms with E-state index in [4.69, 9.17) is 23.2 Å². The van der Waals surface area contributed by atoms with Gasteiger partial charge in [0.25, 0.3) is 0 Å². The topological polar surface area (TPSA) is 32.3 Å². The van der Waals surface area contributed by atoms with Gasteiger partial charge in [0.2, 0.25) is 0 Å². The molecule has 2 N–H and O–H groups in total. The highest BCUT2D eigenvalue weighted by molar-refractivity contribution is 6.50. The minimum Gasteiger partial charge on any atom is -0.392 e. The van der Waals surface area contributed by atoms with Gasteiger partial charge in [0.1, 0.15) is 4.33 Å². The summed E-state index contributed by atoms with van der Waals surface area (Å²) in [6.07, 6.45) is 3.78. The summed E-state index contributed by atoms with van der Waals surface area (Å²) in [6, 6.07) is 0.553. The smallest absolute Gasteiger partial charge is 0.123 e. The summed E-state index contributed by atoms with van der Waals surface area (Å²) in [7, 11) is 0. The van der Waals surface area contributed by atoms with Crippen LogP contribution in [0.3, 0.4) is 0 Å². The molecule has 4 atom stereocenters. The molecule has 82 valence electrons. The van der Waals surface area contributed by atoms with Crippen molar-refractivity contribution in [3.63, 3.8) is 0 Å². The predicted octanol–water partition coefficient (Wildman–Crippen LogP) is 2.07. The summed E-state index contributed by atoms with van der Waals surface area (Å²) in [5, 5.41) is 13.1. The molecule has 0 radical (unpaired) electrons. The van der Waals surface area contributed by atoms with Gasteiger partial charge in [-0.05, 0) is 32.6 Å². The molecular weight excluding hydrogens is 221 g/mol. The van der Waals surface area contributed by atoms with Crippen molar-refractivity contribution in [1.82, 2.24) is 5.32 Å². The number of aliphatic hydroxyl groups excluding tert-OH is 1. The first kappa shape index (κ1) is 11.0. The van der Waals surface area contributed by atoms with E-state index in [0.29, 0.717) is 12.0 Å². The van der Waals surface area contributed by atoms with E-state index in [2.05, 4.69) is 12.2 Å². The zero-order chi connectivity index (χ0) is 10.3. The standard InChI is InChI=1S/C10H17Cl2NO/c1-6(7-5-10(7,11)12)13-8-3-2-4-9(8)14/h6-9,13-14H,2-5H2,1H3. The van der Waals surface area contributed by atoms with Gasteiger partial charge in [-0.25, -0.2) is 0 Å². The van der Waals surface area contributed by atoms with E-state index in [1.807, 2.05) is 0 Å². The molecule has 0 spiro atoms. The van der Waals surface area contributed by atoms with E-state index in [-0.39, 0.29) is 12.1 Å². The molecule has 4 unspecified atom stereocenters. The average Bonchev–Trinajstić information content (AvgIpc) is 2.54. The van der Waals surface area contributed by atoms with Gasteiger partial charge in [0.15, 0.2) is 0 Å². The molecule has 2 saturated carbocycles. The fourth-order valence-corrected chi connectivity index (χ4v) is 3.08. The summed E-state index contributed by atoms with van der Waals surface area (Å²) in [5.74, 6) is 0.346. The molecular formula is C10H17Cl2NO. The van der Waals surface area contributed by atoms with Gasteiger partial charge < -0.3 is 10.4 Å². The number of aliphatic hydroxyl groups is 1. The van der Waals surface area contributed by atoms with E-state index in [1.54, 1.807) is 0 Å². The first-order valence-electron chi connectivity index (χ1n) is 5.32. The van der Waals surface area contributed by atoms with Crippen molar-refractivity contribution < 1.29 is 5.11 Å². The van der Waals surface area contributed by atoms with Crippen molar-refractivity contribution in [3.05, 3.63) is 0 Å². The number of alkyl halides is 2. The average molecular weight is 238 g/mol. The van der Waals surface area contributed by atoms with Gasteiger partial charge in [-0.15, -0.1) is 23.2 Å². The van der Waals surface area contributed by atoms with E-state index in [1.165, 1.54) is 0 Å². The van der Waals surface area contributed by atoms with Gasteiger partial charge >= 0.3 is 0 Å². The molecule has 2 nitrogen and oxygen atoms in total. The van der Waals surface area contributed by atoms with Gasteiger partial charge in [-0.1, -0.05) is 0 Å². The Morgan fingerprint density at radius 1 is 1.43 bits per heavy atom. The molecule has 2 aliphatic carbocycles. The Morgan fingerprint density at radius 2 is 2.07 bits per heavy atom. The minimum absolute atomic E-state index is 0.184. The molecule has 2 fully saturated rings. The second-order valence-corrected chi connectivity index (χ2v) is 6.17. The van der Waals surface area contributed by atoms with Crippen molar-refractivity contribution in [3.8, 4) is 0 Å². The minimum atomic E-state index is -0.518. The molecule has 0 saturated heterocycles. The lowest BCUT2D eigenvalue weighted by Crippen LogP contribution is -2.42. The van der Waals surface area contributed by atoms with E-state index < -0.39 is 4.33 Å². The Labute approximate surface area is 95.0 Å². The number of rotatable bonds is 3. The molecule has 4 heteroatoms. The first-order chi connectivity index (χ1) is 6.50. The molecule has 0 amide bonds. The van der Waals surface area contributed by atoms with E-state index in [0.717, 1.165) is 25.7 Å². The number of nitrogens with one attached hydrogen (secondary N) is 1. The zero-order valence-corrected chi connectivity index (χ0v) is 9.85. The monoisotopic (exact) mass is 237 g/mol. The van der Waals surface area contributed by atoms with Crippen molar-refractivity contribution >= 4 is 23.2 Å². The first-order valence-corrected chi connectivity index (χ1v) is 6.08. The summed E-state index contributed by atoms with van der Waals surface area (Å²) >= 11 is 12.0. The van der Waals surface area contributed by atoms with Crippen LogP contribution in [0.15, 0.2) is 0 Å². The van der Waals surface area contributed by atoms with Crippen LogP contribution in [0.5, 0.6) is 0 Å². The van der Waals surface area contributed by atoms with Crippen LogP contribution >= 0.6 is 23.2 Å². The van der Waals surface area contributed by atoms with Crippen molar-refractivity contribution in [2.75, 3.05) is 0 Å². The third kappa shape index (κ3) is 2.19. The maximum absolute atomic E-state index is 9.64. The van der Waals surface area contributed by atoms with Crippen LogP contribution in [0.2, 0.25) is 0 Å². The largest absolute Gasteiger partial charge is 0.392 e. The lowest BCUT2D eigenvalue weighted by atomic mass is 10.1. The normalized spacial score (nSPS) is 42.4. The Morgan fingerprint density at radius 3 is 2.50 bits per heavy atom. The summed E-state index contributed by atoms with van der Waals surface area (Å²) in [5.41, 5.74) is 0. The third-order valence-corrected chi connectivity index (χ3v) is 4.30. The SMILES string of the molecule is CC(NC1CCCC1O)C1CC1(Cl)Cl. The molecule has 0 heterocycles. The molecule has 0 aliphatic heterocycles. The van der Waals surface area contributed by atoms with Crippen LogP contribution in [0.1, 0.15) is 32.6 Å². The van der Waals surface area contributed by atoms with Crippen molar-refractivity contribution in [2.24, 2.45) is 5.92 Å². The van der Waals surface area contributed by atoms with Gasteiger partial charge in [-0.2, -0.15) is 0 Å². The molecule has 0 aromatic carbocycles. The van der Waals surface area contributed by atoms with Crippen LogP contribution in [-0.4, -0.2) is 27.6 Å². The van der Waals surface area contributed by atoms with E-state index in [9.17, 15) is 5.11 Å². The highest BCUT2D eigenvalue weighted by Crippen LogP contribution is 2.54. The van der Waals surface area contributed by atoms with Gasteiger partial charge in [0, 0.05) is 18.0 Å². The maximum Gasteiger partial charge on any atom is 0.123 e. The third-order valence-electron chi connectivity index (χ3n) is 3.43. The lowest BCUT2D eigenvalue weighted by Gasteiger charge is -2.22. The highest BCUT2D eigenvalue weighted by atomic mass is 35.5. The second kappa shape index (κ2) is 3.82. The molecule has 0 bridgehead atoms. The van der Waals surface area contributed by atoms with Crippen LogP contribution in [0, 0.1) is 5.92 Å². The van der Waals surface area contributed by atoms with Gasteiger partial charge in [-0.3, -0.25) is 0 Å². The molecule has 2 aliphatic rings. The fraction of sp³-hybridized carbons (Fsp3) is 1.00. The molecule has 2 rings (SSSR count). The van der Waals surface area contributed by atoms with Crippen LogP contribution in [0.25, 0.3) is 0 Å². The second-order valence-electron chi connectivity index (χ2n) is 4.63. The predicted molar refractivity (Wildman–Crippen MR) is 58.8 cm³/mol. The Balaban J connectivity index is 1.80. The van der Waals surface area contributed by atoms with Crippen molar-refractivity contribution in [1.29, 1.82) is 0 Å². The number of halogens is 2. The highest BCUT2D eigenvalue weighted by Gasteiger charge is 2.54. The van der Waals surface area contributed by atoms with Crippen LogP contribution < -0.4 is 5.32 Å². The van der Waals surface area contributed by atoms with E-state index >= 15 is 0 Å². The quantitative estimate of drug-likeness (QED) is 0.738. The maximum atomic E-state index is 9.64. The lowest BCUT2D eigenvalue weighted by molar-refractivity contribution is 0.142. The van der Waals surface area contributed by atoms with Gasteiger partial charge in [0.05, 0.1) is 6.10 Å². The fourth-order valence-electron chi connectivity index (χ4n) is 2.37. The summed E-state index contributed by atoms with van der Waals surface area (Å²) in [4.78, 5) is 0. The Bertz CT molecular complexity index is 222.